The first-order chi connectivity index (χ1) is 4.70. The molecule has 0 rings (SSSR count). The fourth-order valence-electron chi connectivity index (χ4n) is 0.263. The first-order valence-corrected chi connectivity index (χ1v) is 2.49. The fraction of sp³-hybridized carbons (Fsp3) is 0. The number of hydrazine groups is 2. The Balaban J connectivity index is 3.75. The van der Waals surface area contributed by atoms with Crippen molar-refractivity contribution >= 4 is 11.7 Å². The molecule has 0 aromatic heterocycles. The van der Waals surface area contributed by atoms with Crippen molar-refractivity contribution in [2.75, 3.05) is 0 Å². The van der Waals surface area contributed by atoms with Crippen molar-refractivity contribution in [1.29, 1.82) is 10.8 Å². The molecule has 0 unspecified atom stereocenters. The third kappa shape index (κ3) is 3.58. The van der Waals surface area contributed by atoms with Gasteiger partial charge in [-0.3, -0.25) is 10.8 Å². The smallest absolute Gasteiger partial charge is 0.132 e. The molecule has 0 atom stereocenters. The van der Waals surface area contributed by atoms with Crippen LogP contribution in [0.5, 0.6) is 0 Å². The highest BCUT2D eigenvalue weighted by molar-refractivity contribution is 5.98. The molecular weight excluding hydrogens is 132 g/mol. The minimum absolute atomic E-state index is 0.0139. The monoisotopic (exact) mass is 142 g/mol. The molecule has 0 saturated heterocycles. The molecule has 56 valence electrons. The van der Waals surface area contributed by atoms with Crippen molar-refractivity contribution in [3.05, 3.63) is 12.2 Å². The molecule has 0 heterocycles. The van der Waals surface area contributed by atoms with Gasteiger partial charge in [0.05, 0.1) is 0 Å². The fourth-order valence-corrected chi connectivity index (χ4v) is 0.263. The molecule has 0 aliphatic carbocycles. The molecular formula is C4H10N6. The predicted molar refractivity (Wildman–Crippen MR) is 39.2 cm³/mol. The Labute approximate surface area is 58.2 Å². The average molecular weight is 142 g/mol. The molecule has 0 amide bonds. The van der Waals surface area contributed by atoms with Gasteiger partial charge in [0.1, 0.15) is 11.7 Å². The van der Waals surface area contributed by atoms with Gasteiger partial charge in [-0.2, -0.15) is 0 Å². The summed E-state index contributed by atoms with van der Waals surface area (Å²) in [6, 6.07) is 0. The maximum atomic E-state index is 6.92. The summed E-state index contributed by atoms with van der Waals surface area (Å²) in [5.74, 6) is 9.73. The van der Waals surface area contributed by atoms with Gasteiger partial charge in [0.15, 0.2) is 0 Å². The summed E-state index contributed by atoms with van der Waals surface area (Å²) in [4.78, 5) is 0. The van der Waals surface area contributed by atoms with Crippen LogP contribution >= 0.6 is 0 Å². The summed E-state index contributed by atoms with van der Waals surface area (Å²) in [6.07, 6.45) is 2.62. The van der Waals surface area contributed by atoms with E-state index in [9.17, 15) is 0 Å². The maximum absolute atomic E-state index is 6.92. The molecule has 10 heavy (non-hydrogen) atoms. The van der Waals surface area contributed by atoms with E-state index in [1.807, 2.05) is 0 Å². The zero-order valence-corrected chi connectivity index (χ0v) is 5.31. The molecule has 0 bridgehead atoms. The van der Waals surface area contributed by atoms with Crippen LogP contribution in [0.4, 0.5) is 0 Å². The van der Waals surface area contributed by atoms with Crippen molar-refractivity contribution in [2.24, 2.45) is 11.7 Å². The third-order valence-corrected chi connectivity index (χ3v) is 0.728. The number of nitrogens with one attached hydrogen (secondary N) is 4. The Bertz CT molecular complexity index is 141. The van der Waals surface area contributed by atoms with E-state index in [0.717, 1.165) is 0 Å². The summed E-state index contributed by atoms with van der Waals surface area (Å²) < 4.78 is 0. The number of nitrogens with two attached hydrogens (primary N) is 2. The third-order valence-electron chi connectivity index (χ3n) is 0.728. The van der Waals surface area contributed by atoms with E-state index in [4.69, 9.17) is 22.5 Å². The molecule has 0 fully saturated rings. The number of amidine groups is 2. The molecule has 6 nitrogen and oxygen atoms in total. The Morgan fingerprint density at radius 2 is 1.30 bits per heavy atom. The van der Waals surface area contributed by atoms with E-state index in [-0.39, 0.29) is 11.7 Å². The summed E-state index contributed by atoms with van der Waals surface area (Å²) in [6.45, 7) is 0. The van der Waals surface area contributed by atoms with Crippen LogP contribution in [0.15, 0.2) is 12.2 Å². The largest absolute Gasteiger partial charge is 0.309 e. The quantitative estimate of drug-likeness (QED) is 0.120. The van der Waals surface area contributed by atoms with Crippen LogP contribution in [0.2, 0.25) is 0 Å². The van der Waals surface area contributed by atoms with Crippen LogP contribution in [0.3, 0.4) is 0 Å². The van der Waals surface area contributed by atoms with Gasteiger partial charge in [0.25, 0.3) is 0 Å². The van der Waals surface area contributed by atoms with Crippen molar-refractivity contribution < 1.29 is 0 Å². The minimum atomic E-state index is 0.0139. The van der Waals surface area contributed by atoms with Crippen LogP contribution in [0.25, 0.3) is 0 Å². The van der Waals surface area contributed by atoms with Crippen molar-refractivity contribution in [1.82, 2.24) is 10.9 Å². The molecule has 0 spiro atoms. The van der Waals surface area contributed by atoms with Crippen molar-refractivity contribution in [3.8, 4) is 0 Å². The lowest BCUT2D eigenvalue weighted by Crippen LogP contribution is -2.30. The van der Waals surface area contributed by atoms with Gasteiger partial charge in [0, 0.05) is 0 Å². The highest BCUT2D eigenvalue weighted by Crippen LogP contribution is 1.71. The van der Waals surface area contributed by atoms with Crippen LogP contribution < -0.4 is 22.5 Å². The topological polar surface area (TPSA) is 124 Å². The maximum Gasteiger partial charge on any atom is 0.132 e. The SMILES string of the molecule is N=C(/C=C\C(=N)NN)NN. The zero-order chi connectivity index (χ0) is 7.98. The Hall–Kier alpha value is -1.40. The highest BCUT2D eigenvalue weighted by Gasteiger charge is 1.84. The van der Waals surface area contributed by atoms with E-state index in [1.54, 1.807) is 0 Å². The normalized spacial score (nSPS) is 9.40. The van der Waals surface area contributed by atoms with Gasteiger partial charge < -0.3 is 10.9 Å². The minimum Gasteiger partial charge on any atom is -0.309 e. The van der Waals surface area contributed by atoms with E-state index in [0.29, 0.717) is 0 Å². The lowest BCUT2D eigenvalue weighted by molar-refractivity contribution is 1.01. The molecule has 8 N–H and O–H groups in total. The molecule has 0 aliphatic heterocycles. The second kappa shape index (κ2) is 4.48. The Morgan fingerprint density at radius 3 is 1.50 bits per heavy atom. The van der Waals surface area contributed by atoms with Gasteiger partial charge >= 0.3 is 0 Å². The lowest BCUT2D eigenvalue weighted by atomic mass is 10.4. The first kappa shape index (κ1) is 8.60. The molecule has 0 radical (unpaired) electrons. The summed E-state index contributed by atoms with van der Waals surface area (Å²) in [5, 5.41) is 13.8. The molecule has 0 saturated carbocycles. The number of hydrogen-bond donors (Lipinski definition) is 6. The van der Waals surface area contributed by atoms with E-state index >= 15 is 0 Å². The van der Waals surface area contributed by atoms with Gasteiger partial charge in [-0.05, 0) is 12.2 Å². The molecule has 0 aliphatic rings. The molecule has 6 heteroatoms. The van der Waals surface area contributed by atoms with Gasteiger partial charge in [-0.1, -0.05) is 0 Å². The number of hydrogen-bond acceptors (Lipinski definition) is 4. The van der Waals surface area contributed by atoms with E-state index < -0.39 is 0 Å². The van der Waals surface area contributed by atoms with Crippen LogP contribution in [0.1, 0.15) is 0 Å². The second-order valence-corrected chi connectivity index (χ2v) is 1.45. The van der Waals surface area contributed by atoms with Crippen molar-refractivity contribution in [2.45, 2.75) is 0 Å². The summed E-state index contributed by atoms with van der Waals surface area (Å²) >= 11 is 0. The van der Waals surface area contributed by atoms with Gasteiger partial charge in [-0.25, -0.2) is 11.7 Å². The first-order valence-electron chi connectivity index (χ1n) is 2.49. The van der Waals surface area contributed by atoms with E-state index in [2.05, 4.69) is 10.9 Å². The van der Waals surface area contributed by atoms with E-state index in [1.165, 1.54) is 12.2 Å². The average Bonchev–Trinajstić information content (AvgIpc) is 1.99. The summed E-state index contributed by atoms with van der Waals surface area (Å²) in [7, 11) is 0. The zero-order valence-electron chi connectivity index (χ0n) is 5.31. The predicted octanol–water partition coefficient (Wildman–Crippen LogP) is -1.58. The molecule has 0 aromatic carbocycles. The lowest BCUT2D eigenvalue weighted by Gasteiger charge is -1.94. The van der Waals surface area contributed by atoms with Crippen molar-refractivity contribution in [3.63, 3.8) is 0 Å². The molecule has 0 aromatic rings. The Kier molecular flexibility index (Phi) is 3.85. The Morgan fingerprint density at radius 1 is 1.00 bits per heavy atom. The number of rotatable bonds is 2. The summed E-state index contributed by atoms with van der Waals surface area (Å²) in [5.41, 5.74) is 4.15. The standard InChI is InChI=1S/C4H10N6/c5-3(9-7)1-2-4(6)10-8/h1-2H,7-8H2,(H2,5,9)(H2,6,10)/b2-1-. The highest BCUT2D eigenvalue weighted by atomic mass is 15.2. The van der Waals surface area contributed by atoms with Gasteiger partial charge in [-0.15, -0.1) is 0 Å². The van der Waals surface area contributed by atoms with Crippen LogP contribution in [-0.4, -0.2) is 11.7 Å². The van der Waals surface area contributed by atoms with Crippen LogP contribution in [-0.2, 0) is 0 Å². The second-order valence-electron chi connectivity index (χ2n) is 1.45. The van der Waals surface area contributed by atoms with Crippen LogP contribution in [0, 0.1) is 10.8 Å². The van der Waals surface area contributed by atoms with Gasteiger partial charge in [0.2, 0.25) is 0 Å².